The fraction of sp³-hybridized carbons (Fsp3) is 0.538. The second kappa shape index (κ2) is 11.0. The van der Waals surface area contributed by atoms with Crippen LogP contribution in [0.2, 0.25) is 0 Å². The molecular weight excluding hydrogens is 434 g/mol. The number of hydrogen-bond donors (Lipinski definition) is 2. The molecule has 0 fully saturated rings. The lowest BCUT2D eigenvalue weighted by atomic mass is 9.66. The zero-order valence-electron chi connectivity index (χ0n) is 19.2. The maximum absolute atomic E-state index is 13.7. The van der Waals surface area contributed by atoms with Gasteiger partial charge in [0, 0.05) is 5.92 Å². The Balaban J connectivity index is 1.56. The van der Waals surface area contributed by atoms with Crippen molar-refractivity contribution in [3.05, 3.63) is 71.0 Å². The van der Waals surface area contributed by atoms with E-state index in [0.717, 1.165) is 11.1 Å². The van der Waals surface area contributed by atoms with Gasteiger partial charge in [-0.2, -0.15) is 13.2 Å². The van der Waals surface area contributed by atoms with Crippen molar-refractivity contribution >= 4 is 0 Å². The lowest BCUT2D eigenvalue weighted by Crippen LogP contribution is -2.45. The Morgan fingerprint density at radius 1 is 1.12 bits per heavy atom. The average Bonchev–Trinajstić information content (AvgIpc) is 2.75. The SMILES string of the molecule is CC(C)C1c2ccc(F)cc2CCC1(O)CCNCCC(OCC(F)(F)F)c1ccccc1. The van der Waals surface area contributed by atoms with Crippen LogP contribution in [-0.4, -0.2) is 36.6 Å². The average molecular weight is 468 g/mol. The molecule has 0 aromatic heterocycles. The second-order valence-corrected chi connectivity index (χ2v) is 9.28. The molecule has 3 atom stereocenters. The monoisotopic (exact) mass is 467 g/mol. The van der Waals surface area contributed by atoms with Crippen molar-refractivity contribution in [1.29, 1.82) is 0 Å². The lowest BCUT2D eigenvalue weighted by Gasteiger charge is -2.44. The molecule has 2 aromatic carbocycles. The zero-order chi connectivity index (χ0) is 24.1. The van der Waals surface area contributed by atoms with E-state index >= 15 is 0 Å². The summed E-state index contributed by atoms with van der Waals surface area (Å²) in [4.78, 5) is 0. The maximum Gasteiger partial charge on any atom is 0.411 e. The lowest BCUT2D eigenvalue weighted by molar-refractivity contribution is -0.186. The molecule has 1 aliphatic carbocycles. The predicted molar refractivity (Wildman–Crippen MR) is 121 cm³/mol. The van der Waals surface area contributed by atoms with Gasteiger partial charge in [-0.05, 0) is 73.5 Å². The summed E-state index contributed by atoms with van der Waals surface area (Å²) in [5, 5.41) is 14.8. The van der Waals surface area contributed by atoms with Gasteiger partial charge in [0.25, 0.3) is 0 Å². The normalized spacial score (nSPS) is 21.8. The third-order valence-electron chi connectivity index (χ3n) is 6.45. The van der Waals surface area contributed by atoms with Crippen LogP contribution in [0, 0.1) is 11.7 Å². The summed E-state index contributed by atoms with van der Waals surface area (Å²) in [6, 6.07) is 13.7. The molecule has 3 unspecified atom stereocenters. The molecule has 0 heterocycles. The number of aryl methyl sites for hydroxylation is 1. The third-order valence-corrected chi connectivity index (χ3v) is 6.45. The molecule has 3 nitrogen and oxygen atoms in total. The van der Waals surface area contributed by atoms with E-state index in [1.54, 1.807) is 36.4 Å². The van der Waals surface area contributed by atoms with E-state index in [9.17, 15) is 22.7 Å². The molecule has 33 heavy (non-hydrogen) atoms. The van der Waals surface area contributed by atoms with Crippen molar-refractivity contribution in [2.45, 2.75) is 63.3 Å². The molecule has 0 saturated carbocycles. The standard InChI is InChI=1S/C26H33F4NO2/c1-18(2)24-22-9-8-21(27)16-20(22)10-12-25(24,32)13-15-31-14-11-23(33-17-26(28,29)30)19-6-4-3-5-7-19/h3-9,16,18,23-24,31-32H,10-15,17H2,1-2H3. The summed E-state index contributed by atoms with van der Waals surface area (Å²) in [5.41, 5.74) is 1.75. The first-order valence-electron chi connectivity index (χ1n) is 11.5. The van der Waals surface area contributed by atoms with Crippen molar-refractivity contribution in [3.63, 3.8) is 0 Å². The van der Waals surface area contributed by atoms with Gasteiger partial charge in [0.1, 0.15) is 12.4 Å². The molecule has 0 aliphatic heterocycles. The van der Waals surface area contributed by atoms with Crippen LogP contribution in [0.5, 0.6) is 0 Å². The highest BCUT2D eigenvalue weighted by atomic mass is 19.4. The second-order valence-electron chi connectivity index (χ2n) is 9.28. The van der Waals surface area contributed by atoms with E-state index in [2.05, 4.69) is 19.2 Å². The molecule has 3 rings (SSSR count). The van der Waals surface area contributed by atoms with E-state index in [0.29, 0.717) is 44.3 Å². The number of hydrogen-bond acceptors (Lipinski definition) is 3. The Labute approximate surface area is 193 Å². The largest absolute Gasteiger partial charge is 0.411 e. The summed E-state index contributed by atoms with van der Waals surface area (Å²) < 4.78 is 56.8. The number of nitrogens with one attached hydrogen (secondary N) is 1. The molecule has 182 valence electrons. The van der Waals surface area contributed by atoms with Gasteiger partial charge in [-0.25, -0.2) is 4.39 Å². The smallest absolute Gasteiger partial charge is 0.389 e. The Morgan fingerprint density at radius 3 is 2.52 bits per heavy atom. The number of fused-ring (bicyclic) bond motifs is 1. The summed E-state index contributed by atoms with van der Waals surface area (Å²) >= 11 is 0. The molecule has 0 amide bonds. The summed E-state index contributed by atoms with van der Waals surface area (Å²) in [6.07, 6.45) is -2.98. The molecular formula is C26H33F4NO2. The van der Waals surface area contributed by atoms with E-state index in [-0.39, 0.29) is 17.7 Å². The Hall–Kier alpha value is -1.96. The first kappa shape index (κ1) is 25.7. The maximum atomic E-state index is 13.7. The molecule has 1 aliphatic rings. The highest BCUT2D eigenvalue weighted by Crippen LogP contribution is 2.45. The van der Waals surface area contributed by atoms with Crippen LogP contribution in [0.3, 0.4) is 0 Å². The van der Waals surface area contributed by atoms with Gasteiger partial charge < -0.3 is 15.2 Å². The van der Waals surface area contributed by atoms with Crippen molar-refractivity contribution in [1.82, 2.24) is 5.32 Å². The molecule has 7 heteroatoms. The van der Waals surface area contributed by atoms with Crippen LogP contribution in [0.4, 0.5) is 17.6 Å². The van der Waals surface area contributed by atoms with Gasteiger partial charge in [0.15, 0.2) is 0 Å². The first-order chi connectivity index (χ1) is 15.6. The van der Waals surface area contributed by atoms with Crippen molar-refractivity contribution in [2.24, 2.45) is 5.92 Å². The number of ether oxygens (including phenoxy) is 1. The predicted octanol–water partition coefficient (Wildman–Crippen LogP) is 5.93. The van der Waals surface area contributed by atoms with Crippen LogP contribution < -0.4 is 5.32 Å². The van der Waals surface area contributed by atoms with Crippen LogP contribution in [-0.2, 0) is 11.2 Å². The quantitative estimate of drug-likeness (QED) is 0.336. The van der Waals surface area contributed by atoms with Crippen LogP contribution in [0.15, 0.2) is 48.5 Å². The Morgan fingerprint density at radius 2 is 1.85 bits per heavy atom. The van der Waals surface area contributed by atoms with E-state index < -0.39 is 24.5 Å². The summed E-state index contributed by atoms with van der Waals surface area (Å²) in [5.74, 6) is -0.183. The summed E-state index contributed by atoms with van der Waals surface area (Å²) in [7, 11) is 0. The first-order valence-corrected chi connectivity index (χ1v) is 11.5. The highest BCUT2D eigenvalue weighted by Gasteiger charge is 2.42. The number of alkyl halides is 3. The van der Waals surface area contributed by atoms with Gasteiger partial charge in [-0.1, -0.05) is 50.2 Å². The topological polar surface area (TPSA) is 41.5 Å². The van der Waals surface area contributed by atoms with E-state index in [1.807, 2.05) is 6.07 Å². The Bertz CT molecular complexity index is 888. The van der Waals surface area contributed by atoms with Gasteiger partial charge in [0.05, 0.1) is 11.7 Å². The van der Waals surface area contributed by atoms with Crippen molar-refractivity contribution < 1.29 is 27.4 Å². The zero-order valence-corrected chi connectivity index (χ0v) is 19.2. The van der Waals surface area contributed by atoms with Gasteiger partial charge in [-0.15, -0.1) is 0 Å². The minimum Gasteiger partial charge on any atom is -0.389 e. The van der Waals surface area contributed by atoms with Gasteiger partial charge in [-0.3, -0.25) is 0 Å². The van der Waals surface area contributed by atoms with Crippen LogP contribution >= 0.6 is 0 Å². The Kier molecular flexibility index (Phi) is 8.54. The van der Waals surface area contributed by atoms with Crippen molar-refractivity contribution in [2.75, 3.05) is 19.7 Å². The minimum atomic E-state index is -4.38. The molecule has 2 N–H and O–H groups in total. The molecule has 0 spiro atoms. The van der Waals surface area contributed by atoms with Crippen LogP contribution in [0.1, 0.15) is 61.8 Å². The number of rotatable bonds is 10. The number of aliphatic hydroxyl groups is 1. The molecule has 2 aromatic rings. The van der Waals surface area contributed by atoms with Crippen molar-refractivity contribution in [3.8, 4) is 0 Å². The minimum absolute atomic E-state index is 0.101. The highest BCUT2D eigenvalue weighted by molar-refractivity contribution is 5.37. The molecule has 0 radical (unpaired) electrons. The summed E-state index contributed by atoms with van der Waals surface area (Å²) in [6.45, 7) is 3.81. The fourth-order valence-electron chi connectivity index (χ4n) is 5.02. The molecule has 0 saturated heterocycles. The van der Waals surface area contributed by atoms with E-state index in [1.165, 1.54) is 6.07 Å². The fourth-order valence-corrected chi connectivity index (χ4v) is 5.02. The molecule has 0 bridgehead atoms. The van der Waals surface area contributed by atoms with E-state index in [4.69, 9.17) is 4.74 Å². The van der Waals surface area contributed by atoms with Crippen LogP contribution in [0.25, 0.3) is 0 Å². The third kappa shape index (κ3) is 7.01. The number of benzene rings is 2. The number of halogens is 4. The van der Waals surface area contributed by atoms with Gasteiger partial charge >= 0.3 is 6.18 Å². The van der Waals surface area contributed by atoms with Gasteiger partial charge in [0.2, 0.25) is 0 Å².